The quantitative estimate of drug-likeness (QED) is 0.612. The minimum atomic E-state index is -3.58. The Labute approximate surface area is 162 Å². The molecule has 0 unspecified atom stereocenters. The third-order valence-corrected chi connectivity index (χ3v) is 4.91. The first kappa shape index (κ1) is 21.0. The highest BCUT2D eigenvalue weighted by Crippen LogP contribution is 2.19. The molecule has 0 spiro atoms. The smallest absolute Gasteiger partial charge is 0.306 e. The maximum atomic E-state index is 12.8. The van der Waals surface area contributed by atoms with E-state index in [0.717, 1.165) is 23.8 Å². The zero-order chi connectivity index (χ0) is 19.9. The summed E-state index contributed by atoms with van der Waals surface area (Å²) in [6.45, 7) is 4.49. The normalized spacial score (nSPS) is 12.4. The average molecular weight is 390 g/mol. The maximum absolute atomic E-state index is 12.8. The molecule has 1 atom stereocenters. The van der Waals surface area contributed by atoms with Crippen LogP contribution < -0.4 is 4.18 Å². The second kappa shape index (κ2) is 9.55. The molecule has 0 heterocycles. The molecular weight excluding hydrogens is 362 g/mol. The average Bonchev–Trinajstić information content (AvgIpc) is 2.63. The molecule has 2 rings (SSSR count). The van der Waals surface area contributed by atoms with Crippen molar-refractivity contribution in [3.8, 4) is 5.75 Å². The monoisotopic (exact) mass is 389 g/mol. The number of hydrogen-bond donors (Lipinski definition) is 0. The minimum absolute atomic E-state index is 0.0858. The van der Waals surface area contributed by atoms with Gasteiger partial charge in [-0.1, -0.05) is 49.4 Å². The molecule has 6 heteroatoms. The number of rotatable bonds is 9. The Morgan fingerprint density at radius 1 is 1.07 bits per heavy atom. The second-order valence-corrected chi connectivity index (χ2v) is 8.27. The van der Waals surface area contributed by atoms with E-state index in [-0.39, 0.29) is 17.7 Å². The Kier molecular flexibility index (Phi) is 7.42. The lowest BCUT2D eigenvalue weighted by Crippen LogP contribution is -2.37. The summed E-state index contributed by atoms with van der Waals surface area (Å²) in [5.41, 5.74) is 1.98. The van der Waals surface area contributed by atoms with Gasteiger partial charge in [0.2, 0.25) is 5.91 Å². The topological polar surface area (TPSA) is 63.7 Å². The fraction of sp³-hybridized carbons (Fsp3) is 0.381. The zero-order valence-electron chi connectivity index (χ0n) is 16.1. The van der Waals surface area contributed by atoms with Gasteiger partial charge in [-0.05, 0) is 43.0 Å². The third kappa shape index (κ3) is 7.06. The lowest BCUT2D eigenvalue weighted by atomic mass is 10.1. The van der Waals surface area contributed by atoms with Crippen molar-refractivity contribution in [1.29, 1.82) is 0 Å². The summed E-state index contributed by atoms with van der Waals surface area (Å²) < 4.78 is 27.6. The van der Waals surface area contributed by atoms with Crippen molar-refractivity contribution in [2.24, 2.45) is 0 Å². The van der Waals surface area contributed by atoms with Crippen LogP contribution in [0.15, 0.2) is 54.6 Å². The van der Waals surface area contributed by atoms with Gasteiger partial charge in [0, 0.05) is 19.0 Å². The summed E-state index contributed by atoms with van der Waals surface area (Å²) >= 11 is 0. The first-order valence-electron chi connectivity index (χ1n) is 9.10. The molecule has 0 aliphatic rings. The summed E-state index contributed by atoms with van der Waals surface area (Å²) in [6.07, 6.45) is 2.99. The predicted octanol–water partition coefficient (Wildman–Crippen LogP) is 3.78. The maximum Gasteiger partial charge on any atom is 0.306 e. The van der Waals surface area contributed by atoms with Gasteiger partial charge >= 0.3 is 10.1 Å². The molecule has 0 bridgehead atoms. The highest BCUT2D eigenvalue weighted by molar-refractivity contribution is 7.86. The number of benzene rings is 2. The van der Waals surface area contributed by atoms with Gasteiger partial charge in [0.05, 0.1) is 6.26 Å². The largest absolute Gasteiger partial charge is 0.383 e. The minimum Gasteiger partial charge on any atom is -0.383 e. The highest BCUT2D eigenvalue weighted by atomic mass is 32.2. The van der Waals surface area contributed by atoms with E-state index in [4.69, 9.17) is 4.18 Å². The molecule has 0 saturated carbocycles. The Bertz CT molecular complexity index is 849. The van der Waals surface area contributed by atoms with Gasteiger partial charge in [-0.2, -0.15) is 8.42 Å². The summed E-state index contributed by atoms with van der Waals surface area (Å²) in [7, 11) is -3.58. The van der Waals surface area contributed by atoms with Crippen LogP contribution in [0, 0.1) is 0 Å². The molecule has 0 fully saturated rings. The van der Waals surface area contributed by atoms with Gasteiger partial charge in [0.1, 0.15) is 5.75 Å². The Hall–Kier alpha value is -2.34. The van der Waals surface area contributed by atoms with Crippen molar-refractivity contribution in [2.75, 3.05) is 6.26 Å². The molecule has 2 aromatic rings. The van der Waals surface area contributed by atoms with Crippen LogP contribution in [-0.4, -0.2) is 31.5 Å². The molecule has 0 N–H and O–H groups in total. The van der Waals surface area contributed by atoms with E-state index in [2.05, 4.69) is 0 Å². The van der Waals surface area contributed by atoms with Crippen molar-refractivity contribution in [3.05, 3.63) is 65.7 Å². The van der Waals surface area contributed by atoms with Crippen LogP contribution in [0.4, 0.5) is 0 Å². The standard InChI is InChI=1S/C21H27NO4S/c1-4-17(2)22(21(23)14-13-18-9-6-5-7-10-18)16-19-11-8-12-20(15-19)26-27(3,24)25/h5-12,15,17H,4,13-14,16H2,1-3H3/t17-/m0/s1. The molecule has 0 aliphatic heterocycles. The van der Waals surface area contributed by atoms with Crippen LogP contribution >= 0.6 is 0 Å². The fourth-order valence-corrected chi connectivity index (χ4v) is 3.27. The Balaban J connectivity index is 2.09. The lowest BCUT2D eigenvalue weighted by molar-refractivity contribution is -0.134. The number of nitrogens with zero attached hydrogens (tertiary/aromatic N) is 1. The molecule has 146 valence electrons. The number of amides is 1. The van der Waals surface area contributed by atoms with Crippen molar-refractivity contribution < 1.29 is 17.4 Å². The summed E-state index contributed by atoms with van der Waals surface area (Å²) in [4.78, 5) is 14.7. The molecule has 0 aliphatic carbocycles. The summed E-state index contributed by atoms with van der Waals surface area (Å²) in [6, 6.07) is 16.9. The van der Waals surface area contributed by atoms with E-state index in [1.807, 2.05) is 55.1 Å². The molecule has 1 amide bonds. The van der Waals surface area contributed by atoms with Crippen LogP contribution in [0.3, 0.4) is 0 Å². The van der Waals surface area contributed by atoms with E-state index in [9.17, 15) is 13.2 Å². The fourth-order valence-electron chi connectivity index (χ4n) is 2.82. The van der Waals surface area contributed by atoms with Gasteiger partial charge in [-0.25, -0.2) is 0 Å². The van der Waals surface area contributed by atoms with Gasteiger partial charge < -0.3 is 9.08 Å². The van der Waals surface area contributed by atoms with E-state index in [1.54, 1.807) is 18.2 Å². The van der Waals surface area contributed by atoms with E-state index < -0.39 is 10.1 Å². The van der Waals surface area contributed by atoms with Crippen LogP contribution in [0.2, 0.25) is 0 Å². The third-order valence-electron chi connectivity index (χ3n) is 4.41. The predicted molar refractivity (Wildman–Crippen MR) is 107 cm³/mol. The van der Waals surface area contributed by atoms with Gasteiger partial charge in [0.25, 0.3) is 0 Å². The second-order valence-electron chi connectivity index (χ2n) is 6.70. The number of carbonyl (C=O) groups is 1. The van der Waals surface area contributed by atoms with Gasteiger partial charge in [-0.15, -0.1) is 0 Å². The number of hydrogen-bond acceptors (Lipinski definition) is 4. The summed E-state index contributed by atoms with van der Waals surface area (Å²) in [5, 5.41) is 0. The first-order valence-corrected chi connectivity index (χ1v) is 10.9. The van der Waals surface area contributed by atoms with Gasteiger partial charge in [0.15, 0.2) is 0 Å². The van der Waals surface area contributed by atoms with Crippen molar-refractivity contribution in [2.45, 2.75) is 45.7 Å². The molecule has 27 heavy (non-hydrogen) atoms. The highest BCUT2D eigenvalue weighted by Gasteiger charge is 2.19. The number of carbonyl (C=O) groups excluding carboxylic acids is 1. The first-order chi connectivity index (χ1) is 12.8. The number of aryl methyl sites for hydroxylation is 1. The van der Waals surface area contributed by atoms with Crippen LogP contribution in [0.1, 0.15) is 37.8 Å². The van der Waals surface area contributed by atoms with Crippen LogP contribution in [0.5, 0.6) is 5.75 Å². The van der Waals surface area contributed by atoms with E-state index in [0.29, 0.717) is 19.4 Å². The van der Waals surface area contributed by atoms with Gasteiger partial charge in [-0.3, -0.25) is 4.79 Å². The SMILES string of the molecule is CC[C@H](C)N(Cc1cccc(OS(C)(=O)=O)c1)C(=O)CCc1ccccc1. The van der Waals surface area contributed by atoms with Crippen LogP contribution in [0.25, 0.3) is 0 Å². The molecule has 2 aromatic carbocycles. The molecular formula is C21H27NO4S. The summed E-state index contributed by atoms with van der Waals surface area (Å²) in [5.74, 6) is 0.346. The van der Waals surface area contributed by atoms with Crippen molar-refractivity contribution in [3.63, 3.8) is 0 Å². The Morgan fingerprint density at radius 3 is 2.37 bits per heavy atom. The molecule has 0 saturated heterocycles. The molecule has 5 nitrogen and oxygen atoms in total. The van der Waals surface area contributed by atoms with E-state index in [1.165, 1.54) is 0 Å². The van der Waals surface area contributed by atoms with Crippen molar-refractivity contribution >= 4 is 16.0 Å². The lowest BCUT2D eigenvalue weighted by Gasteiger charge is -2.29. The molecule has 0 aromatic heterocycles. The zero-order valence-corrected chi connectivity index (χ0v) is 16.9. The van der Waals surface area contributed by atoms with Crippen molar-refractivity contribution in [1.82, 2.24) is 4.90 Å². The molecule has 0 radical (unpaired) electrons. The van der Waals surface area contributed by atoms with E-state index >= 15 is 0 Å². The Morgan fingerprint density at radius 2 is 1.74 bits per heavy atom. The van der Waals surface area contributed by atoms with Crippen LogP contribution in [-0.2, 0) is 27.9 Å².